The quantitative estimate of drug-likeness (QED) is 0.739. The second-order valence-corrected chi connectivity index (χ2v) is 6.04. The fourth-order valence-electron chi connectivity index (χ4n) is 2.92. The van der Waals surface area contributed by atoms with Crippen LogP contribution in [-0.4, -0.2) is 61.6 Å². The molecular formula is C18H31Cl2N3O2. The van der Waals surface area contributed by atoms with Crippen LogP contribution in [0.3, 0.4) is 0 Å². The maximum atomic E-state index is 12.4. The van der Waals surface area contributed by atoms with Gasteiger partial charge in [-0.1, -0.05) is 13.8 Å². The molecule has 0 aliphatic carbocycles. The van der Waals surface area contributed by atoms with E-state index in [1.54, 1.807) is 0 Å². The fourth-order valence-corrected chi connectivity index (χ4v) is 2.92. The first kappa shape index (κ1) is 24.0. The summed E-state index contributed by atoms with van der Waals surface area (Å²) in [6.07, 6.45) is 1.01. The molecule has 0 radical (unpaired) electrons. The van der Waals surface area contributed by atoms with Crippen molar-refractivity contribution in [3.05, 3.63) is 29.8 Å². The van der Waals surface area contributed by atoms with Gasteiger partial charge in [0, 0.05) is 25.2 Å². The van der Waals surface area contributed by atoms with E-state index in [4.69, 9.17) is 10.5 Å². The molecule has 0 spiro atoms. The minimum Gasteiger partial charge on any atom is -0.492 e. The summed E-state index contributed by atoms with van der Waals surface area (Å²) in [4.78, 5) is 16.7. The Labute approximate surface area is 163 Å². The van der Waals surface area contributed by atoms with E-state index in [9.17, 15) is 4.79 Å². The summed E-state index contributed by atoms with van der Waals surface area (Å²) in [6, 6.07) is 7.47. The third kappa shape index (κ3) is 7.02. The van der Waals surface area contributed by atoms with Gasteiger partial charge in [-0.25, -0.2) is 0 Å². The van der Waals surface area contributed by atoms with E-state index in [-0.39, 0.29) is 30.7 Å². The molecule has 1 amide bonds. The van der Waals surface area contributed by atoms with Gasteiger partial charge in [0.05, 0.1) is 0 Å². The monoisotopic (exact) mass is 391 g/mol. The zero-order chi connectivity index (χ0) is 16.7. The number of nitrogens with two attached hydrogens (primary N) is 1. The van der Waals surface area contributed by atoms with Gasteiger partial charge in [-0.2, -0.15) is 0 Å². The number of ether oxygens (including phenoxy) is 1. The minimum atomic E-state index is 0. The number of halogens is 2. The van der Waals surface area contributed by atoms with E-state index in [2.05, 4.69) is 18.7 Å². The van der Waals surface area contributed by atoms with E-state index in [1.165, 1.54) is 0 Å². The Balaban J connectivity index is 0.00000288. The van der Waals surface area contributed by atoms with Crippen LogP contribution in [0.5, 0.6) is 5.75 Å². The number of carbonyl (C=O) groups is 1. The Bertz CT molecular complexity index is 496. The normalized spacial score (nSPS) is 16.3. The number of likely N-dealkylation sites (tertiary alicyclic amines) is 1. The molecule has 1 aliphatic heterocycles. The standard InChI is InChI=1S/C18H29N3O2.2ClH/c1-3-20(4-2)11-12-23-17-7-5-16(6-8-17)18(22)21-10-9-15(13-19)14-21;;/h5-8,15H,3-4,9-14,19H2,1-2H3;2*1H. The van der Waals surface area contributed by atoms with Crippen LogP contribution in [0.2, 0.25) is 0 Å². The molecule has 1 aromatic carbocycles. The predicted octanol–water partition coefficient (Wildman–Crippen LogP) is 2.67. The highest BCUT2D eigenvalue weighted by Gasteiger charge is 2.25. The lowest BCUT2D eigenvalue weighted by Crippen LogP contribution is -2.29. The number of hydrogen-bond acceptors (Lipinski definition) is 4. The molecule has 1 aliphatic rings. The van der Waals surface area contributed by atoms with Crippen molar-refractivity contribution in [2.24, 2.45) is 11.7 Å². The van der Waals surface area contributed by atoms with Crippen LogP contribution < -0.4 is 10.5 Å². The molecule has 1 fully saturated rings. The molecular weight excluding hydrogens is 361 g/mol. The highest BCUT2D eigenvalue weighted by molar-refractivity contribution is 5.94. The van der Waals surface area contributed by atoms with Gasteiger partial charge >= 0.3 is 0 Å². The highest BCUT2D eigenvalue weighted by Crippen LogP contribution is 2.19. The lowest BCUT2D eigenvalue weighted by Gasteiger charge is -2.18. The summed E-state index contributed by atoms with van der Waals surface area (Å²) in [5, 5.41) is 0. The van der Waals surface area contributed by atoms with E-state index in [1.807, 2.05) is 29.2 Å². The maximum Gasteiger partial charge on any atom is 0.253 e. The van der Waals surface area contributed by atoms with Gasteiger partial charge in [-0.3, -0.25) is 4.79 Å². The molecule has 5 nitrogen and oxygen atoms in total. The van der Waals surface area contributed by atoms with Crippen LogP contribution in [0.1, 0.15) is 30.6 Å². The van der Waals surface area contributed by atoms with Crippen LogP contribution in [0.4, 0.5) is 0 Å². The molecule has 7 heteroatoms. The molecule has 144 valence electrons. The number of carbonyl (C=O) groups excluding carboxylic acids is 1. The van der Waals surface area contributed by atoms with Crippen molar-refractivity contribution >= 4 is 30.7 Å². The average molecular weight is 392 g/mol. The van der Waals surface area contributed by atoms with Gasteiger partial charge in [0.1, 0.15) is 12.4 Å². The van der Waals surface area contributed by atoms with Crippen molar-refractivity contribution in [1.29, 1.82) is 0 Å². The Kier molecular flexibility index (Phi) is 11.9. The summed E-state index contributed by atoms with van der Waals surface area (Å²) < 4.78 is 5.75. The van der Waals surface area contributed by atoms with Gasteiger partial charge < -0.3 is 20.3 Å². The summed E-state index contributed by atoms with van der Waals surface area (Å²) in [5.41, 5.74) is 6.41. The van der Waals surface area contributed by atoms with Crippen LogP contribution in [0, 0.1) is 5.92 Å². The molecule has 1 unspecified atom stereocenters. The van der Waals surface area contributed by atoms with Crippen molar-refractivity contribution in [2.45, 2.75) is 20.3 Å². The first-order valence-electron chi connectivity index (χ1n) is 8.62. The molecule has 25 heavy (non-hydrogen) atoms. The minimum absolute atomic E-state index is 0. The lowest BCUT2D eigenvalue weighted by atomic mass is 10.1. The van der Waals surface area contributed by atoms with E-state index in [0.29, 0.717) is 19.1 Å². The summed E-state index contributed by atoms with van der Waals surface area (Å²) in [6.45, 7) is 10.2. The smallest absolute Gasteiger partial charge is 0.253 e. The second-order valence-electron chi connectivity index (χ2n) is 6.04. The summed E-state index contributed by atoms with van der Waals surface area (Å²) in [5.74, 6) is 1.35. The molecule has 0 bridgehead atoms. The van der Waals surface area contributed by atoms with Crippen molar-refractivity contribution in [3.63, 3.8) is 0 Å². The van der Waals surface area contributed by atoms with E-state index < -0.39 is 0 Å². The molecule has 1 aromatic rings. The SMILES string of the molecule is CCN(CC)CCOc1ccc(C(=O)N2CCC(CN)C2)cc1.Cl.Cl. The highest BCUT2D eigenvalue weighted by atomic mass is 35.5. The maximum absolute atomic E-state index is 12.4. The van der Waals surface area contributed by atoms with Crippen molar-refractivity contribution < 1.29 is 9.53 Å². The largest absolute Gasteiger partial charge is 0.492 e. The Morgan fingerprint density at radius 3 is 2.40 bits per heavy atom. The van der Waals surface area contributed by atoms with Gasteiger partial charge in [0.25, 0.3) is 5.91 Å². The van der Waals surface area contributed by atoms with Crippen molar-refractivity contribution in [2.75, 3.05) is 45.9 Å². The predicted molar refractivity (Wildman–Crippen MR) is 107 cm³/mol. The van der Waals surface area contributed by atoms with Gasteiger partial charge in [-0.15, -0.1) is 24.8 Å². The number of likely N-dealkylation sites (N-methyl/N-ethyl adjacent to an activating group) is 1. The molecule has 0 saturated carbocycles. The van der Waals surface area contributed by atoms with Crippen molar-refractivity contribution in [3.8, 4) is 5.75 Å². The Morgan fingerprint density at radius 2 is 1.88 bits per heavy atom. The van der Waals surface area contributed by atoms with E-state index >= 15 is 0 Å². The number of nitrogens with zero attached hydrogens (tertiary/aromatic N) is 2. The second kappa shape index (κ2) is 12.4. The third-order valence-electron chi connectivity index (χ3n) is 4.58. The zero-order valence-electron chi connectivity index (χ0n) is 15.1. The number of benzene rings is 1. The molecule has 1 atom stereocenters. The molecule has 0 aromatic heterocycles. The van der Waals surface area contributed by atoms with E-state index in [0.717, 1.165) is 50.5 Å². The topological polar surface area (TPSA) is 58.8 Å². The fraction of sp³-hybridized carbons (Fsp3) is 0.611. The molecule has 1 saturated heterocycles. The molecule has 1 heterocycles. The number of amides is 1. The molecule has 2 N–H and O–H groups in total. The lowest BCUT2D eigenvalue weighted by molar-refractivity contribution is 0.0787. The summed E-state index contributed by atoms with van der Waals surface area (Å²) >= 11 is 0. The number of hydrogen-bond donors (Lipinski definition) is 1. The van der Waals surface area contributed by atoms with Gasteiger partial charge in [-0.05, 0) is 56.2 Å². The van der Waals surface area contributed by atoms with Gasteiger partial charge in [0.2, 0.25) is 0 Å². The van der Waals surface area contributed by atoms with Crippen LogP contribution in [-0.2, 0) is 0 Å². The third-order valence-corrected chi connectivity index (χ3v) is 4.58. The number of rotatable bonds is 8. The van der Waals surface area contributed by atoms with Crippen LogP contribution in [0.15, 0.2) is 24.3 Å². The Morgan fingerprint density at radius 1 is 1.24 bits per heavy atom. The van der Waals surface area contributed by atoms with Crippen LogP contribution >= 0.6 is 24.8 Å². The van der Waals surface area contributed by atoms with Crippen molar-refractivity contribution in [1.82, 2.24) is 9.80 Å². The molecule has 2 rings (SSSR count). The zero-order valence-corrected chi connectivity index (χ0v) is 16.8. The Hall–Kier alpha value is -1.01. The van der Waals surface area contributed by atoms with Gasteiger partial charge in [0.15, 0.2) is 0 Å². The first-order chi connectivity index (χ1) is 11.2. The van der Waals surface area contributed by atoms with Crippen LogP contribution in [0.25, 0.3) is 0 Å². The first-order valence-corrected chi connectivity index (χ1v) is 8.62. The average Bonchev–Trinajstić information content (AvgIpc) is 3.08. The summed E-state index contributed by atoms with van der Waals surface area (Å²) in [7, 11) is 0.